The Morgan fingerprint density at radius 3 is 2.32 bits per heavy atom. The van der Waals surface area contributed by atoms with Gasteiger partial charge < -0.3 is 0 Å². The largest absolute Gasteiger partial charge is 0.270 e. The Morgan fingerprint density at radius 2 is 1.79 bits per heavy atom. The van der Waals surface area contributed by atoms with Crippen LogP contribution in [-0.2, 0) is 6.42 Å². The molecule has 4 heteroatoms. The van der Waals surface area contributed by atoms with Gasteiger partial charge in [0, 0.05) is 16.6 Å². The van der Waals surface area contributed by atoms with Crippen molar-refractivity contribution >= 4 is 21.6 Å². The van der Waals surface area contributed by atoms with Crippen molar-refractivity contribution in [1.82, 2.24) is 0 Å². The normalized spacial score (nSPS) is 10.5. The molecule has 19 heavy (non-hydrogen) atoms. The summed E-state index contributed by atoms with van der Waals surface area (Å²) in [6.07, 6.45) is 0.775. The summed E-state index contributed by atoms with van der Waals surface area (Å²) in [5.41, 5.74) is 4.92. The van der Waals surface area contributed by atoms with E-state index in [-0.39, 0.29) is 10.6 Å². The third kappa shape index (κ3) is 3.01. The lowest BCUT2D eigenvalue weighted by molar-refractivity contribution is -0.384. The highest BCUT2D eigenvalue weighted by molar-refractivity contribution is 9.10. The molecule has 0 atom stereocenters. The van der Waals surface area contributed by atoms with Crippen LogP contribution in [-0.4, -0.2) is 4.92 Å². The van der Waals surface area contributed by atoms with Crippen LogP contribution < -0.4 is 0 Å². The van der Waals surface area contributed by atoms with Gasteiger partial charge in [0.05, 0.1) is 4.92 Å². The number of aryl methyl sites for hydroxylation is 2. The van der Waals surface area contributed by atoms with Gasteiger partial charge in [0.2, 0.25) is 0 Å². The van der Waals surface area contributed by atoms with Gasteiger partial charge in [-0.1, -0.05) is 40.2 Å². The summed E-state index contributed by atoms with van der Waals surface area (Å²) in [7, 11) is 0. The van der Waals surface area contributed by atoms with E-state index in [1.165, 1.54) is 16.7 Å². The lowest BCUT2D eigenvalue weighted by Crippen LogP contribution is -1.97. The van der Waals surface area contributed by atoms with Crippen LogP contribution in [0, 0.1) is 24.0 Å². The average Bonchev–Trinajstić information content (AvgIpc) is 2.35. The molecule has 0 unspecified atom stereocenters. The fraction of sp³-hybridized carbons (Fsp3) is 0.200. The number of benzene rings is 2. The standard InChI is InChI=1S/C15H14BrNO2/c1-10-4-3-5-11(2)14(10)8-12-6-7-13(17(18)19)9-15(12)16/h3-7,9H,8H2,1-2H3. The zero-order chi connectivity index (χ0) is 14.0. The first-order chi connectivity index (χ1) is 8.99. The number of halogens is 1. The van der Waals surface area contributed by atoms with Crippen LogP contribution in [0.1, 0.15) is 22.3 Å². The van der Waals surface area contributed by atoms with Crippen LogP contribution in [0.4, 0.5) is 5.69 Å². The van der Waals surface area contributed by atoms with E-state index in [9.17, 15) is 10.1 Å². The van der Waals surface area contributed by atoms with Gasteiger partial charge in [0.1, 0.15) is 0 Å². The van der Waals surface area contributed by atoms with Crippen LogP contribution in [0.25, 0.3) is 0 Å². The van der Waals surface area contributed by atoms with Gasteiger partial charge in [-0.25, -0.2) is 0 Å². The fourth-order valence-corrected chi connectivity index (χ4v) is 2.62. The summed E-state index contributed by atoms with van der Waals surface area (Å²) >= 11 is 3.42. The minimum absolute atomic E-state index is 0.108. The molecule has 0 aromatic heterocycles. The minimum Gasteiger partial charge on any atom is -0.258 e. The molecule has 0 bridgehead atoms. The maximum atomic E-state index is 10.7. The van der Waals surface area contributed by atoms with Crippen molar-refractivity contribution in [3.63, 3.8) is 0 Å². The van der Waals surface area contributed by atoms with Crippen molar-refractivity contribution in [3.05, 3.63) is 73.2 Å². The highest BCUT2D eigenvalue weighted by atomic mass is 79.9. The molecule has 0 fully saturated rings. The number of rotatable bonds is 3. The maximum absolute atomic E-state index is 10.7. The highest BCUT2D eigenvalue weighted by Gasteiger charge is 2.11. The number of nitro benzene ring substituents is 1. The number of nitro groups is 1. The van der Waals surface area contributed by atoms with E-state index in [2.05, 4.69) is 41.9 Å². The number of hydrogen-bond donors (Lipinski definition) is 0. The molecule has 98 valence electrons. The molecular weight excluding hydrogens is 306 g/mol. The van der Waals surface area contributed by atoms with E-state index in [0.717, 1.165) is 16.5 Å². The van der Waals surface area contributed by atoms with Crippen molar-refractivity contribution in [2.24, 2.45) is 0 Å². The predicted octanol–water partition coefficient (Wildman–Crippen LogP) is 4.56. The average molecular weight is 320 g/mol. The Bertz CT molecular complexity index is 618. The Balaban J connectivity index is 2.36. The third-order valence-electron chi connectivity index (χ3n) is 3.26. The van der Waals surface area contributed by atoms with Crippen LogP contribution in [0.5, 0.6) is 0 Å². The quantitative estimate of drug-likeness (QED) is 0.614. The van der Waals surface area contributed by atoms with E-state index in [1.54, 1.807) is 12.1 Å². The lowest BCUT2D eigenvalue weighted by atomic mass is 9.96. The molecule has 0 aliphatic carbocycles. The van der Waals surface area contributed by atoms with Gasteiger partial charge in [-0.15, -0.1) is 0 Å². The van der Waals surface area contributed by atoms with E-state index in [1.807, 2.05) is 12.1 Å². The molecule has 0 N–H and O–H groups in total. The number of nitrogens with zero attached hydrogens (tertiary/aromatic N) is 1. The second-order valence-corrected chi connectivity index (χ2v) is 5.43. The summed E-state index contributed by atoms with van der Waals surface area (Å²) in [4.78, 5) is 10.3. The smallest absolute Gasteiger partial charge is 0.258 e. The second kappa shape index (κ2) is 5.53. The zero-order valence-corrected chi connectivity index (χ0v) is 12.4. The van der Waals surface area contributed by atoms with E-state index < -0.39 is 0 Å². The van der Waals surface area contributed by atoms with E-state index >= 15 is 0 Å². The molecule has 0 heterocycles. The fourth-order valence-electron chi connectivity index (χ4n) is 2.11. The van der Waals surface area contributed by atoms with Gasteiger partial charge in [-0.3, -0.25) is 10.1 Å². The molecule has 0 saturated heterocycles. The Kier molecular flexibility index (Phi) is 4.00. The van der Waals surface area contributed by atoms with Crippen molar-refractivity contribution < 1.29 is 4.92 Å². The summed E-state index contributed by atoms with van der Waals surface area (Å²) < 4.78 is 0.782. The Hall–Kier alpha value is -1.68. The molecule has 2 aromatic carbocycles. The molecular formula is C15H14BrNO2. The SMILES string of the molecule is Cc1cccc(C)c1Cc1ccc([N+](=O)[O-])cc1Br. The molecule has 2 rings (SSSR count). The van der Waals surface area contributed by atoms with Gasteiger partial charge in [0.15, 0.2) is 0 Å². The van der Waals surface area contributed by atoms with Crippen molar-refractivity contribution in [3.8, 4) is 0 Å². The van der Waals surface area contributed by atoms with Crippen LogP contribution in [0.2, 0.25) is 0 Å². The Labute approximate surface area is 120 Å². The summed E-state index contributed by atoms with van der Waals surface area (Å²) in [5, 5.41) is 10.7. The maximum Gasteiger partial charge on any atom is 0.270 e. The van der Waals surface area contributed by atoms with Crippen LogP contribution in [0.15, 0.2) is 40.9 Å². The van der Waals surface area contributed by atoms with Crippen molar-refractivity contribution in [2.75, 3.05) is 0 Å². The van der Waals surface area contributed by atoms with E-state index in [0.29, 0.717) is 0 Å². The zero-order valence-electron chi connectivity index (χ0n) is 10.8. The first-order valence-corrected chi connectivity index (χ1v) is 6.76. The Morgan fingerprint density at radius 1 is 1.16 bits per heavy atom. The molecule has 0 saturated carbocycles. The van der Waals surface area contributed by atoms with E-state index in [4.69, 9.17) is 0 Å². The monoisotopic (exact) mass is 319 g/mol. The minimum atomic E-state index is -0.381. The summed E-state index contributed by atoms with van der Waals surface area (Å²) in [6, 6.07) is 11.1. The molecule has 0 aliphatic rings. The number of non-ortho nitro benzene ring substituents is 1. The first-order valence-electron chi connectivity index (χ1n) is 5.97. The third-order valence-corrected chi connectivity index (χ3v) is 4.00. The summed E-state index contributed by atoms with van der Waals surface area (Å²) in [5.74, 6) is 0. The molecule has 2 aromatic rings. The molecule has 0 spiro atoms. The number of hydrogen-bond acceptors (Lipinski definition) is 2. The van der Waals surface area contributed by atoms with Crippen LogP contribution >= 0.6 is 15.9 Å². The summed E-state index contributed by atoms with van der Waals surface area (Å²) in [6.45, 7) is 4.17. The van der Waals surface area contributed by atoms with Crippen molar-refractivity contribution in [2.45, 2.75) is 20.3 Å². The van der Waals surface area contributed by atoms with Gasteiger partial charge in [-0.05, 0) is 42.5 Å². The van der Waals surface area contributed by atoms with Crippen LogP contribution in [0.3, 0.4) is 0 Å². The molecule has 0 radical (unpaired) electrons. The van der Waals surface area contributed by atoms with Gasteiger partial charge >= 0.3 is 0 Å². The molecule has 3 nitrogen and oxygen atoms in total. The highest BCUT2D eigenvalue weighted by Crippen LogP contribution is 2.27. The topological polar surface area (TPSA) is 43.1 Å². The second-order valence-electron chi connectivity index (χ2n) is 4.58. The molecule has 0 amide bonds. The van der Waals surface area contributed by atoms with Gasteiger partial charge in [0.25, 0.3) is 5.69 Å². The predicted molar refractivity (Wildman–Crippen MR) is 79.5 cm³/mol. The van der Waals surface area contributed by atoms with Gasteiger partial charge in [-0.2, -0.15) is 0 Å². The lowest BCUT2D eigenvalue weighted by Gasteiger charge is -2.11. The molecule has 0 aliphatic heterocycles. The van der Waals surface area contributed by atoms with Crippen molar-refractivity contribution in [1.29, 1.82) is 0 Å². The first kappa shape index (κ1) is 13.7.